The first-order valence-corrected chi connectivity index (χ1v) is 27.9. The van der Waals surface area contributed by atoms with Gasteiger partial charge in [0.2, 0.25) is 17.7 Å². The number of nitrogens with two attached hydrogens (primary N) is 1. The maximum atomic E-state index is 14.4. The van der Waals surface area contributed by atoms with Gasteiger partial charge in [0.25, 0.3) is 0 Å². The van der Waals surface area contributed by atoms with Crippen molar-refractivity contribution in [1.29, 1.82) is 0 Å². The number of anilines is 4. The number of nitrogens with one attached hydrogen (secondary N) is 1. The molecular formula is C57H69N11O6S. The van der Waals surface area contributed by atoms with Crippen LogP contribution in [0.15, 0.2) is 89.0 Å². The first-order chi connectivity index (χ1) is 36.4. The number of aromatic nitrogens is 5. The lowest BCUT2D eigenvalue weighted by Crippen LogP contribution is -2.54. The van der Waals surface area contributed by atoms with Crippen LogP contribution in [0.3, 0.4) is 0 Å². The molecule has 0 spiro atoms. The standard InChI is InChI=1S/C57H69N11O6S/c1-34(2)53(57(71)67-25-7-9-47(67)56(70)61-35(3)37-11-13-38(14-12-37)54-36(4)60-33-75-54)50-30-51(64-74-50)65-26-22-44(23-27-65)72-42-17-19-43(20-18-42)73-52-28-39(21-24-59-52)68-40-15-16-41(68)32-66(31-40)48-29-46(62-63-55(48)58)45-8-5-6-10-49(45)69/h5-6,8,10-14,21,24,28-30,33-35,40-44,47,53,69H,7,9,15-20,22-23,25-27,31-32H2,1-4H3,(H2,58,63)(H,61,70)/t35-,40?,41?,42?,43?,47-,53+/m0/s1. The molecule has 11 rings (SSSR count). The number of amides is 2. The number of piperidine rings is 1. The number of aromatic hydroxyl groups is 1. The first-order valence-electron chi connectivity index (χ1n) is 27.0. The number of hydrogen-bond donors (Lipinski definition) is 3. The first kappa shape index (κ1) is 50.4. The molecule has 17 nitrogen and oxygen atoms in total. The average Bonchev–Trinajstić information content (AvgIpc) is 4.25. The quantitative estimate of drug-likeness (QED) is 0.0879. The molecule has 4 aromatic heterocycles. The topological polar surface area (TPSA) is 201 Å². The van der Waals surface area contributed by atoms with Crippen LogP contribution in [-0.4, -0.2) is 116 Å². The minimum atomic E-state index is -0.554. The number of phenolic OH excluding ortho intramolecular Hbond substituents is 1. The van der Waals surface area contributed by atoms with Crippen molar-refractivity contribution in [2.24, 2.45) is 5.92 Å². The highest BCUT2D eigenvalue weighted by Crippen LogP contribution is 2.41. The molecule has 6 aromatic rings. The van der Waals surface area contributed by atoms with E-state index in [0.29, 0.717) is 53.8 Å². The van der Waals surface area contributed by atoms with Gasteiger partial charge >= 0.3 is 0 Å². The van der Waals surface area contributed by atoms with Gasteiger partial charge in [0.15, 0.2) is 17.4 Å². The Kier molecular flexibility index (Phi) is 14.7. The molecular weight excluding hydrogens is 967 g/mol. The van der Waals surface area contributed by atoms with E-state index in [-0.39, 0.29) is 47.8 Å². The van der Waals surface area contributed by atoms with Crippen molar-refractivity contribution >= 4 is 46.2 Å². The van der Waals surface area contributed by atoms with E-state index in [1.165, 1.54) is 0 Å². The number of fused-ring (bicyclic) bond motifs is 2. The molecule has 4 aliphatic heterocycles. The Labute approximate surface area is 442 Å². The van der Waals surface area contributed by atoms with Crippen molar-refractivity contribution in [3.05, 3.63) is 102 Å². The molecule has 394 valence electrons. The van der Waals surface area contributed by atoms with Crippen LogP contribution in [0.1, 0.15) is 114 Å². The second-order valence-corrected chi connectivity index (χ2v) is 22.4. The van der Waals surface area contributed by atoms with Gasteiger partial charge in [0.05, 0.1) is 45.7 Å². The van der Waals surface area contributed by atoms with E-state index >= 15 is 0 Å². The number of hydrogen-bond acceptors (Lipinski definition) is 16. The van der Waals surface area contributed by atoms with Crippen LogP contribution < -0.4 is 30.5 Å². The molecule has 5 fully saturated rings. The smallest absolute Gasteiger partial charge is 0.243 e. The number of pyridine rings is 1. The number of rotatable bonds is 15. The van der Waals surface area contributed by atoms with Gasteiger partial charge in [-0.1, -0.05) is 55.4 Å². The molecule has 1 saturated carbocycles. The van der Waals surface area contributed by atoms with E-state index in [0.717, 1.165) is 123 Å². The fourth-order valence-corrected chi connectivity index (χ4v) is 13.1. The number of ether oxygens (including phenoxy) is 2. The van der Waals surface area contributed by atoms with E-state index in [1.54, 1.807) is 28.4 Å². The minimum absolute atomic E-state index is 0.0580. The van der Waals surface area contributed by atoms with E-state index in [4.69, 9.17) is 19.7 Å². The van der Waals surface area contributed by atoms with Crippen molar-refractivity contribution in [3.8, 4) is 33.3 Å². The lowest BCUT2D eigenvalue weighted by Gasteiger charge is -2.43. The fourth-order valence-electron chi connectivity index (χ4n) is 12.2. The Hall–Kier alpha value is -6.79. The fraction of sp³-hybridized carbons (Fsp3) is 0.491. The summed E-state index contributed by atoms with van der Waals surface area (Å²) in [7, 11) is 0. The summed E-state index contributed by atoms with van der Waals surface area (Å²) in [6.45, 7) is 11.7. The van der Waals surface area contributed by atoms with Crippen LogP contribution >= 0.6 is 11.3 Å². The Bertz CT molecular complexity index is 2940. The molecule has 2 aromatic carbocycles. The van der Waals surface area contributed by atoms with Crippen LogP contribution in [0.25, 0.3) is 21.7 Å². The Morgan fingerprint density at radius 2 is 1.56 bits per heavy atom. The predicted octanol–water partition coefficient (Wildman–Crippen LogP) is 9.09. The molecule has 4 N–H and O–H groups in total. The summed E-state index contributed by atoms with van der Waals surface area (Å²) in [5.41, 5.74) is 14.6. The summed E-state index contributed by atoms with van der Waals surface area (Å²) in [6.07, 6.45) is 11.3. The Morgan fingerprint density at radius 3 is 2.28 bits per heavy atom. The summed E-state index contributed by atoms with van der Waals surface area (Å²) in [4.78, 5) is 47.2. The van der Waals surface area contributed by atoms with Crippen LogP contribution in [0, 0.1) is 12.8 Å². The molecule has 5 atom stereocenters. The average molecular weight is 1040 g/mol. The Balaban J connectivity index is 0.632. The molecule has 2 amide bonds. The molecule has 2 unspecified atom stereocenters. The third-order valence-corrected chi connectivity index (χ3v) is 17.2. The SMILES string of the molecule is Cc1ncsc1-c1ccc([C@H](C)NC(=O)[C@@H]2CCCN2C(=O)[C@@H](c2cc(N3CCC(OC4CCC(Oc5cc(N6C7CCC6CN(c6cc(-c8ccccc8O)nnc6N)C7)ccn5)CC4)CC3)no2)C(C)C)cc1. The molecule has 18 heteroatoms. The number of para-hydroxylation sites is 1. The summed E-state index contributed by atoms with van der Waals surface area (Å²) >= 11 is 1.62. The maximum absolute atomic E-state index is 14.4. The van der Waals surface area contributed by atoms with E-state index in [1.807, 2.05) is 63.7 Å². The van der Waals surface area contributed by atoms with Crippen molar-refractivity contribution in [3.63, 3.8) is 0 Å². The molecule has 2 bridgehead atoms. The van der Waals surface area contributed by atoms with Crippen molar-refractivity contribution in [1.82, 2.24) is 35.5 Å². The van der Waals surface area contributed by atoms with Gasteiger partial charge in [-0.05, 0) is 119 Å². The van der Waals surface area contributed by atoms with Gasteiger partial charge in [-0.2, -0.15) is 0 Å². The summed E-state index contributed by atoms with van der Waals surface area (Å²) in [5.74, 6) is 1.65. The van der Waals surface area contributed by atoms with Gasteiger partial charge < -0.3 is 49.8 Å². The number of piperazine rings is 1. The number of carbonyl (C=O) groups excluding carboxylic acids is 2. The van der Waals surface area contributed by atoms with Gasteiger partial charge in [-0.3, -0.25) is 9.59 Å². The number of carbonyl (C=O) groups is 2. The van der Waals surface area contributed by atoms with Crippen LogP contribution in [0.5, 0.6) is 11.6 Å². The van der Waals surface area contributed by atoms with E-state index < -0.39 is 12.0 Å². The summed E-state index contributed by atoms with van der Waals surface area (Å²) in [6, 6.07) is 23.3. The predicted molar refractivity (Wildman–Crippen MR) is 290 cm³/mol. The van der Waals surface area contributed by atoms with Crippen LogP contribution in [0.2, 0.25) is 0 Å². The third kappa shape index (κ3) is 10.7. The van der Waals surface area contributed by atoms with E-state index in [9.17, 15) is 14.7 Å². The lowest BCUT2D eigenvalue weighted by atomic mass is 9.91. The minimum Gasteiger partial charge on any atom is -0.507 e. The Morgan fingerprint density at radius 1 is 0.827 bits per heavy atom. The highest BCUT2D eigenvalue weighted by atomic mass is 32.1. The highest BCUT2D eigenvalue weighted by molar-refractivity contribution is 7.13. The number of phenols is 1. The van der Waals surface area contributed by atoms with Crippen molar-refractivity contribution < 1.29 is 28.7 Å². The normalized spacial score (nSPS) is 22.9. The number of benzene rings is 2. The van der Waals surface area contributed by atoms with Gasteiger partial charge in [-0.15, -0.1) is 21.5 Å². The zero-order chi connectivity index (χ0) is 51.7. The van der Waals surface area contributed by atoms with Crippen LogP contribution in [0.4, 0.5) is 23.0 Å². The molecule has 1 aliphatic carbocycles. The monoisotopic (exact) mass is 1040 g/mol. The third-order valence-electron chi connectivity index (χ3n) is 16.3. The van der Waals surface area contributed by atoms with Gasteiger partial charge in [0, 0.05) is 74.4 Å². The highest BCUT2D eigenvalue weighted by Gasteiger charge is 2.43. The number of nitrogens with zero attached hydrogens (tertiary/aromatic N) is 9. The molecule has 75 heavy (non-hydrogen) atoms. The molecule has 5 aliphatic rings. The maximum Gasteiger partial charge on any atom is 0.243 e. The van der Waals surface area contributed by atoms with Gasteiger partial charge in [0.1, 0.15) is 23.8 Å². The second-order valence-electron chi connectivity index (χ2n) is 21.5. The zero-order valence-electron chi connectivity index (χ0n) is 43.4. The van der Waals surface area contributed by atoms with E-state index in [2.05, 4.69) is 81.7 Å². The summed E-state index contributed by atoms with van der Waals surface area (Å²) in [5, 5.41) is 26.7. The number of aryl methyl sites for hydroxylation is 1. The zero-order valence-corrected chi connectivity index (χ0v) is 44.2. The molecule has 0 radical (unpaired) electrons. The summed E-state index contributed by atoms with van der Waals surface area (Å²) < 4.78 is 19.3. The number of likely N-dealkylation sites (tertiary alicyclic amines) is 1. The van der Waals surface area contributed by atoms with Crippen molar-refractivity contribution in [2.75, 3.05) is 53.2 Å². The van der Waals surface area contributed by atoms with Crippen molar-refractivity contribution in [2.45, 2.75) is 140 Å². The van der Waals surface area contributed by atoms with Gasteiger partial charge in [-0.25, -0.2) is 9.97 Å². The van der Waals surface area contributed by atoms with Crippen LogP contribution in [-0.2, 0) is 14.3 Å². The number of nitrogen functional groups attached to an aromatic ring is 1. The lowest BCUT2D eigenvalue weighted by molar-refractivity contribution is -0.141. The second kappa shape index (κ2) is 21.8. The molecule has 8 heterocycles. The molecule has 4 saturated heterocycles. The number of thiazole rings is 1. The largest absolute Gasteiger partial charge is 0.507 e.